The van der Waals surface area contributed by atoms with Crippen molar-refractivity contribution in [3.05, 3.63) is 51.5 Å². The number of amides is 3. The van der Waals surface area contributed by atoms with E-state index >= 15 is 0 Å². The van der Waals surface area contributed by atoms with Crippen LogP contribution in [0.3, 0.4) is 0 Å². The predicted octanol–water partition coefficient (Wildman–Crippen LogP) is 6.68. The Bertz CT molecular complexity index is 1500. The highest BCUT2D eigenvalue weighted by Gasteiger charge is 2.38. The summed E-state index contributed by atoms with van der Waals surface area (Å²) in [5, 5.41) is 18.5. The quantitative estimate of drug-likeness (QED) is 0.128. The molecule has 0 saturated heterocycles. The van der Waals surface area contributed by atoms with Gasteiger partial charge in [-0.2, -0.15) is 0 Å². The van der Waals surface area contributed by atoms with Crippen molar-refractivity contribution in [2.24, 2.45) is 17.8 Å². The minimum absolute atomic E-state index is 0.0697. The highest BCUT2D eigenvalue weighted by Crippen LogP contribution is 2.34. The Morgan fingerprint density at radius 1 is 1.00 bits per heavy atom. The third-order valence-corrected chi connectivity index (χ3v) is 11.7. The molecule has 12 heteroatoms. The van der Waals surface area contributed by atoms with Crippen LogP contribution in [0.4, 0.5) is 0 Å². The molecule has 2 aromatic rings. The summed E-state index contributed by atoms with van der Waals surface area (Å²) in [5.74, 6) is -2.04. The average Bonchev–Trinajstić information content (AvgIpc) is 3.62. The third kappa shape index (κ3) is 11.6. The van der Waals surface area contributed by atoms with Crippen LogP contribution in [0, 0.1) is 17.8 Å². The topological polar surface area (TPSA) is 141 Å². The number of hydrogen-bond donors (Lipinski definition) is 3. The number of nitrogens with zero attached hydrogens (tertiary/aromatic N) is 3. The number of rotatable bonds is 21. The molecule has 3 rings (SSSR count). The second-order valence-electron chi connectivity index (χ2n) is 15.4. The second-order valence-corrected chi connectivity index (χ2v) is 16.3. The van der Waals surface area contributed by atoms with Gasteiger partial charge in [-0.15, -0.1) is 11.3 Å². The normalized spacial score (nSPS) is 19.1. The van der Waals surface area contributed by atoms with Crippen molar-refractivity contribution in [1.29, 1.82) is 0 Å². The zero-order valence-corrected chi connectivity index (χ0v) is 34.5. The fourth-order valence-electron chi connectivity index (χ4n) is 7.45. The summed E-state index contributed by atoms with van der Waals surface area (Å²) in [4.78, 5) is 62.7. The summed E-state index contributed by atoms with van der Waals surface area (Å²) in [7, 11) is 3.81. The van der Waals surface area contributed by atoms with E-state index in [9.17, 15) is 24.3 Å². The van der Waals surface area contributed by atoms with Crippen LogP contribution in [0.25, 0.3) is 0 Å². The van der Waals surface area contributed by atoms with Crippen LogP contribution in [0.15, 0.2) is 29.6 Å². The van der Waals surface area contributed by atoms with Gasteiger partial charge in [-0.3, -0.25) is 24.1 Å². The summed E-state index contributed by atoms with van der Waals surface area (Å²) < 4.78 is 6.42. The number of carbonyl (C=O) groups excluding carboxylic acids is 3. The first-order valence-corrected chi connectivity index (χ1v) is 20.5. The summed E-state index contributed by atoms with van der Waals surface area (Å²) in [6, 6.07) is 5.92. The summed E-state index contributed by atoms with van der Waals surface area (Å²) in [6.07, 6.45) is 3.99. The largest absolute Gasteiger partial charge is 0.481 e. The number of aliphatic carboxylic acids is 1. The molecule has 0 aliphatic heterocycles. The van der Waals surface area contributed by atoms with Crippen molar-refractivity contribution >= 4 is 35.0 Å². The van der Waals surface area contributed by atoms with Crippen molar-refractivity contribution in [3.63, 3.8) is 0 Å². The van der Waals surface area contributed by atoms with Gasteiger partial charge in [0.1, 0.15) is 22.8 Å². The zero-order chi connectivity index (χ0) is 39.4. The van der Waals surface area contributed by atoms with Crippen molar-refractivity contribution in [3.8, 4) is 0 Å². The molecule has 1 aromatic carbocycles. The first kappa shape index (κ1) is 44.0. The van der Waals surface area contributed by atoms with Crippen molar-refractivity contribution in [2.45, 2.75) is 137 Å². The predicted molar refractivity (Wildman–Crippen MR) is 211 cm³/mol. The molecule has 11 nitrogen and oxygen atoms in total. The Hall–Kier alpha value is -3.35. The lowest BCUT2D eigenvalue weighted by molar-refractivity contribution is -0.143. The van der Waals surface area contributed by atoms with Gasteiger partial charge in [0.15, 0.2) is 0 Å². The molecule has 3 amide bonds. The van der Waals surface area contributed by atoms with Gasteiger partial charge >= 0.3 is 5.97 Å². The summed E-state index contributed by atoms with van der Waals surface area (Å²) in [6.45, 7) is 17.5. The first-order chi connectivity index (χ1) is 25.2. The van der Waals surface area contributed by atoms with Crippen molar-refractivity contribution < 1.29 is 29.0 Å². The molecule has 1 unspecified atom stereocenters. The SMILES string of the molecule is CCCO[C@H](CC(C(C)C)N(CCC)C(=O)[C@@H](NC(=O)[C@H]([C@@H](C)CC)N(C)C)[C@@H](C)CC)c1nc(C(=O)N[C@H]2Cc3ccccc3[C@H](C(=O)O)C2)cs1. The average molecular weight is 756 g/mol. The number of thiazole rings is 1. The molecule has 0 saturated carbocycles. The van der Waals surface area contributed by atoms with E-state index in [1.54, 1.807) is 5.38 Å². The lowest BCUT2D eigenvalue weighted by atomic mass is 9.80. The van der Waals surface area contributed by atoms with Crippen LogP contribution in [0.5, 0.6) is 0 Å². The van der Waals surface area contributed by atoms with Crippen molar-refractivity contribution in [2.75, 3.05) is 27.2 Å². The van der Waals surface area contributed by atoms with Crippen LogP contribution in [-0.4, -0.2) is 95.0 Å². The van der Waals surface area contributed by atoms with E-state index in [2.05, 4.69) is 45.3 Å². The maximum Gasteiger partial charge on any atom is 0.311 e. The smallest absolute Gasteiger partial charge is 0.311 e. The molecular weight excluding hydrogens is 691 g/mol. The molecule has 3 N–H and O–H groups in total. The minimum atomic E-state index is -0.903. The molecule has 1 aromatic heterocycles. The number of likely N-dealkylation sites (N-methyl/N-ethyl adjacent to an activating group) is 1. The van der Waals surface area contributed by atoms with Crippen molar-refractivity contribution in [1.82, 2.24) is 25.4 Å². The number of carbonyl (C=O) groups is 4. The molecule has 296 valence electrons. The second kappa shape index (κ2) is 20.9. The van der Waals surface area contributed by atoms with Crippen LogP contribution >= 0.6 is 11.3 Å². The monoisotopic (exact) mass is 755 g/mol. The van der Waals surface area contributed by atoms with Gasteiger partial charge in [0, 0.05) is 37.0 Å². The van der Waals surface area contributed by atoms with Gasteiger partial charge in [-0.25, -0.2) is 4.98 Å². The molecule has 0 spiro atoms. The van der Waals surface area contributed by atoms with Gasteiger partial charge in [0.05, 0.1) is 12.0 Å². The van der Waals surface area contributed by atoms with Crippen LogP contribution < -0.4 is 10.6 Å². The number of nitrogens with one attached hydrogen (secondary N) is 2. The Labute approximate surface area is 321 Å². The lowest BCUT2D eigenvalue weighted by Gasteiger charge is -2.40. The molecule has 8 atom stereocenters. The molecule has 1 aliphatic carbocycles. The van der Waals surface area contributed by atoms with E-state index in [1.165, 1.54) is 11.3 Å². The number of hydrogen-bond acceptors (Lipinski definition) is 8. The third-order valence-electron chi connectivity index (χ3n) is 10.8. The van der Waals surface area contributed by atoms with E-state index in [4.69, 9.17) is 9.72 Å². The summed E-state index contributed by atoms with van der Waals surface area (Å²) in [5.41, 5.74) is 1.99. The number of carboxylic acids is 1. The van der Waals surface area contributed by atoms with E-state index < -0.39 is 24.0 Å². The van der Waals surface area contributed by atoms with Gasteiger partial charge in [-0.05, 0) is 68.7 Å². The number of benzene rings is 1. The van der Waals surface area contributed by atoms with Crippen LogP contribution in [0.1, 0.15) is 133 Å². The Kier molecular flexibility index (Phi) is 17.4. The highest BCUT2D eigenvalue weighted by atomic mass is 32.1. The standard InChI is InChI=1S/C41H65N5O6S/c1-11-19-46(40(49)35(26(7)13-3)44-38(48)36(45(9)10)27(8)14-4)33(25(5)6)23-34(52-20-12-2)39-43-32(24-53-39)37(47)42-29-21-28-17-15-16-18-30(28)31(22-29)41(50)51/h15-18,24-27,29,31,33-36H,11-14,19-23H2,1-10H3,(H,42,47)(H,44,48)(H,50,51)/t26-,27-,29-,31+,33?,34+,35-,36-/m0/s1. The molecule has 1 aliphatic rings. The molecular formula is C41H65N5O6S. The Morgan fingerprint density at radius 3 is 2.26 bits per heavy atom. The maximum absolute atomic E-state index is 14.7. The Balaban J connectivity index is 1.87. The number of fused-ring (bicyclic) bond motifs is 1. The lowest BCUT2D eigenvalue weighted by Crippen LogP contribution is -2.59. The number of aromatic nitrogens is 1. The molecule has 1 heterocycles. The summed E-state index contributed by atoms with van der Waals surface area (Å²) >= 11 is 1.36. The Morgan fingerprint density at radius 2 is 1.68 bits per heavy atom. The molecule has 53 heavy (non-hydrogen) atoms. The van der Waals surface area contributed by atoms with Gasteiger partial charge in [-0.1, -0.05) is 92.5 Å². The fraction of sp³-hybridized carbons (Fsp3) is 0.683. The van der Waals surface area contributed by atoms with E-state index in [-0.39, 0.29) is 59.3 Å². The minimum Gasteiger partial charge on any atom is -0.481 e. The van der Waals surface area contributed by atoms with Gasteiger partial charge < -0.3 is 25.4 Å². The first-order valence-electron chi connectivity index (χ1n) is 19.6. The van der Waals surface area contributed by atoms with Gasteiger partial charge in [0.25, 0.3) is 5.91 Å². The van der Waals surface area contributed by atoms with Crippen LogP contribution in [-0.2, 0) is 25.5 Å². The van der Waals surface area contributed by atoms with Gasteiger partial charge in [0.2, 0.25) is 11.8 Å². The zero-order valence-electron chi connectivity index (χ0n) is 33.7. The number of carboxylic acid groups (broad SMARTS) is 1. The molecule has 0 radical (unpaired) electrons. The maximum atomic E-state index is 14.7. The fourth-order valence-corrected chi connectivity index (χ4v) is 8.31. The molecule has 0 fully saturated rings. The van der Waals surface area contributed by atoms with Crippen LogP contribution in [0.2, 0.25) is 0 Å². The number of ether oxygens (including phenoxy) is 1. The molecule has 0 bridgehead atoms. The van der Waals surface area contributed by atoms with E-state index in [0.29, 0.717) is 37.4 Å². The van der Waals surface area contributed by atoms with E-state index in [0.717, 1.165) is 36.8 Å². The highest BCUT2D eigenvalue weighted by molar-refractivity contribution is 7.09. The van der Waals surface area contributed by atoms with E-state index in [1.807, 2.05) is 68.9 Å².